The van der Waals surface area contributed by atoms with Crippen molar-refractivity contribution >= 4 is 38.5 Å². The number of nitriles is 1. The van der Waals surface area contributed by atoms with E-state index in [9.17, 15) is 10.1 Å². The SMILES string of the molecule is CCOC(=O)c1cnc2ccccc2c1N1CCC(C#N)(c2ccc(Br)cc2)CC1. The molecular formula is C24H22BrN3O2. The highest BCUT2D eigenvalue weighted by atomic mass is 79.9. The zero-order valence-corrected chi connectivity index (χ0v) is 18.4. The second-order valence-corrected chi connectivity index (χ2v) is 8.36. The van der Waals surface area contributed by atoms with E-state index in [-0.39, 0.29) is 5.97 Å². The molecule has 1 aliphatic rings. The van der Waals surface area contributed by atoms with Crippen LogP contribution in [0.3, 0.4) is 0 Å². The summed E-state index contributed by atoms with van der Waals surface area (Å²) in [4.78, 5) is 19.3. The highest BCUT2D eigenvalue weighted by molar-refractivity contribution is 9.10. The Morgan fingerprint density at radius 3 is 2.57 bits per heavy atom. The first kappa shape index (κ1) is 20.4. The van der Waals surface area contributed by atoms with Crippen molar-refractivity contribution in [3.63, 3.8) is 0 Å². The molecule has 0 saturated carbocycles. The van der Waals surface area contributed by atoms with Crippen molar-refractivity contribution in [2.24, 2.45) is 0 Å². The number of hydrogen-bond donors (Lipinski definition) is 0. The van der Waals surface area contributed by atoms with E-state index in [0.29, 0.717) is 38.1 Å². The Balaban J connectivity index is 1.70. The lowest BCUT2D eigenvalue weighted by Gasteiger charge is -2.39. The van der Waals surface area contributed by atoms with E-state index in [1.165, 1.54) is 0 Å². The first-order valence-electron chi connectivity index (χ1n) is 10.0. The van der Waals surface area contributed by atoms with E-state index in [1.807, 2.05) is 48.5 Å². The molecular weight excluding hydrogens is 442 g/mol. The van der Waals surface area contributed by atoms with Gasteiger partial charge >= 0.3 is 5.97 Å². The number of hydrogen-bond acceptors (Lipinski definition) is 5. The fourth-order valence-electron chi connectivity index (χ4n) is 4.17. The Hall–Kier alpha value is -2.91. The monoisotopic (exact) mass is 463 g/mol. The lowest BCUT2D eigenvalue weighted by atomic mass is 9.74. The van der Waals surface area contributed by atoms with Crippen molar-refractivity contribution in [3.8, 4) is 6.07 Å². The molecule has 1 fully saturated rings. The molecule has 2 heterocycles. The number of nitrogens with zero attached hydrogens (tertiary/aromatic N) is 3. The van der Waals surface area contributed by atoms with Gasteiger partial charge < -0.3 is 9.64 Å². The minimum atomic E-state index is -0.524. The maximum absolute atomic E-state index is 12.6. The number of pyridine rings is 1. The quantitative estimate of drug-likeness (QED) is 0.495. The van der Waals surface area contributed by atoms with E-state index in [2.05, 4.69) is 31.9 Å². The second kappa shape index (κ2) is 8.45. The van der Waals surface area contributed by atoms with Crippen molar-refractivity contribution < 1.29 is 9.53 Å². The molecule has 1 saturated heterocycles. The van der Waals surface area contributed by atoms with Gasteiger partial charge in [0.1, 0.15) is 5.56 Å². The number of fused-ring (bicyclic) bond motifs is 1. The molecule has 0 amide bonds. The van der Waals surface area contributed by atoms with Crippen LogP contribution in [0.15, 0.2) is 59.2 Å². The summed E-state index contributed by atoms with van der Waals surface area (Å²) in [5, 5.41) is 11.0. The van der Waals surface area contributed by atoms with E-state index in [0.717, 1.165) is 26.6 Å². The number of carbonyl (C=O) groups excluding carboxylic acids is 1. The lowest BCUT2D eigenvalue weighted by molar-refractivity contribution is 0.0526. The average Bonchev–Trinajstić information content (AvgIpc) is 2.79. The number of esters is 1. The highest BCUT2D eigenvalue weighted by Crippen LogP contribution is 2.39. The van der Waals surface area contributed by atoms with Gasteiger partial charge in [-0.1, -0.05) is 46.3 Å². The van der Waals surface area contributed by atoms with Gasteiger partial charge in [-0.05, 0) is 43.5 Å². The van der Waals surface area contributed by atoms with Gasteiger partial charge in [0.15, 0.2) is 0 Å². The number of anilines is 1. The molecule has 2 aromatic carbocycles. The van der Waals surface area contributed by atoms with E-state index < -0.39 is 5.41 Å². The first-order chi connectivity index (χ1) is 14.6. The van der Waals surface area contributed by atoms with E-state index in [4.69, 9.17) is 4.74 Å². The van der Waals surface area contributed by atoms with Crippen molar-refractivity contribution in [1.82, 2.24) is 4.98 Å². The molecule has 6 heteroatoms. The summed E-state index contributed by atoms with van der Waals surface area (Å²) >= 11 is 3.47. The van der Waals surface area contributed by atoms with Crippen LogP contribution in [0.2, 0.25) is 0 Å². The van der Waals surface area contributed by atoms with Gasteiger partial charge in [-0.3, -0.25) is 4.98 Å². The molecule has 5 nitrogen and oxygen atoms in total. The van der Waals surface area contributed by atoms with Crippen LogP contribution in [-0.4, -0.2) is 30.6 Å². The Kier molecular flexibility index (Phi) is 5.74. The third-order valence-corrected chi connectivity index (χ3v) is 6.32. The zero-order valence-electron chi connectivity index (χ0n) is 16.8. The summed E-state index contributed by atoms with van der Waals surface area (Å²) in [6, 6.07) is 18.4. The normalized spacial score (nSPS) is 15.6. The molecule has 0 N–H and O–H groups in total. The summed E-state index contributed by atoms with van der Waals surface area (Å²) in [6.07, 6.45) is 2.98. The van der Waals surface area contributed by atoms with Crippen LogP contribution in [0.25, 0.3) is 10.9 Å². The fraction of sp³-hybridized carbons (Fsp3) is 0.292. The topological polar surface area (TPSA) is 66.2 Å². The largest absolute Gasteiger partial charge is 0.462 e. The molecule has 0 spiro atoms. The molecule has 0 radical (unpaired) electrons. The number of piperidine rings is 1. The maximum atomic E-state index is 12.6. The predicted octanol–water partition coefficient (Wildman–Crippen LogP) is 5.24. The predicted molar refractivity (Wildman–Crippen MR) is 121 cm³/mol. The number of halogens is 1. The van der Waals surface area contributed by atoms with Gasteiger partial charge in [-0.2, -0.15) is 5.26 Å². The number of rotatable bonds is 4. The molecule has 0 unspecified atom stereocenters. The lowest BCUT2D eigenvalue weighted by Crippen LogP contribution is -2.42. The molecule has 152 valence electrons. The Morgan fingerprint density at radius 1 is 1.20 bits per heavy atom. The summed E-state index contributed by atoms with van der Waals surface area (Å²) in [5.74, 6) is -0.365. The fourth-order valence-corrected chi connectivity index (χ4v) is 4.44. The molecule has 1 aliphatic heterocycles. The second-order valence-electron chi connectivity index (χ2n) is 7.45. The Bertz CT molecular complexity index is 1110. The third-order valence-electron chi connectivity index (χ3n) is 5.79. The molecule has 4 rings (SSSR count). The van der Waals surface area contributed by atoms with Gasteiger partial charge in [0.05, 0.1) is 29.3 Å². The van der Waals surface area contributed by atoms with Gasteiger partial charge in [0, 0.05) is 29.1 Å². The van der Waals surface area contributed by atoms with Crippen molar-refractivity contribution in [2.75, 3.05) is 24.6 Å². The van der Waals surface area contributed by atoms with Gasteiger partial charge in [-0.25, -0.2) is 4.79 Å². The van der Waals surface area contributed by atoms with Crippen LogP contribution in [0, 0.1) is 11.3 Å². The number of ether oxygens (including phenoxy) is 1. The number of para-hydroxylation sites is 1. The molecule has 1 aromatic heterocycles. The van der Waals surface area contributed by atoms with Crippen molar-refractivity contribution in [2.45, 2.75) is 25.2 Å². The van der Waals surface area contributed by atoms with Crippen LogP contribution in [0.1, 0.15) is 35.7 Å². The van der Waals surface area contributed by atoms with Gasteiger partial charge in [-0.15, -0.1) is 0 Å². The van der Waals surface area contributed by atoms with Crippen molar-refractivity contribution in [3.05, 3.63) is 70.3 Å². The minimum absolute atomic E-state index is 0.312. The van der Waals surface area contributed by atoms with E-state index in [1.54, 1.807) is 13.1 Å². The smallest absolute Gasteiger partial charge is 0.341 e. The highest BCUT2D eigenvalue weighted by Gasteiger charge is 2.37. The standard InChI is InChI=1S/C24H22BrN3O2/c1-2-30-23(29)20-15-27-21-6-4-3-5-19(21)22(20)28-13-11-24(16-26,12-14-28)17-7-9-18(25)10-8-17/h3-10,15H,2,11-14H2,1H3. The number of aromatic nitrogens is 1. The first-order valence-corrected chi connectivity index (χ1v) is 10.8. The molecule has 30 heavy (non-hydrogen) atoms. The molecule has 0 bridgehead atoms. The maximum Gasteiger partial charge on any atom is 0.341 e. The number of benzene rings is 2. The van der Waals surface area contributed by atoms with Crippen LogP contribution in [-0.2, 0) is 10.2 Å². The molecule has 0 aliphatic carbocycles. The van der Waals surface area contributed by atoms with Crippen LogP contribution >= 0.6 is 15.9 Å². The van der Waals surface area contributed by atoms with Crippen LogP contribution in [0.4, 0.5) is 5.69 Å². The van der Waals surface area contributed by atoms with Crippen LogP contribution < -0.4 is 4.90 Å². The molecule has 0 atom stereocenters. The third kappa shape index (κ3) is 3.66. The van der Waals surface area contributed by atoms with Crippen LogP contribution in [0.5, 0.6) is 0 Å². The Labute approximate surface area is 184 Å². The summed E-state index contributed by atoms with van der Waals surface area (Å²) < 4.78 is 6.29. The molecule has 3 aromatic rings. The summed E-state index contributed by atoms with van der Waals surface area (Å²) in [6.45, 7) is 3.45. The summed E-state index contributed by atoms with van der Waals surface area (Å²) in [5.41, 5.74) is 2.68. The number of carbonyl (C=O) groups is 1. The average molecular weight is 464 g/mol. The minimum Gasteiger partial charge on any atom is -0.462 e. The van der Waals surface area contributed by atoms with Crippen molar-refractivity contribution in [1.29, 1.82) is 5.26 Å². The van der Waals surface area contributed by atoms with E-state index >= 15 is 0 Å². The summed E-state index contributed by atoms with van der Waals surface area (Å²) in [7, 11) is 0. The van der Waals surface area contributed by atoms with Gasteiger partial charge in [0.25, 0.3) is 0 Å². The van der Waals surface area contributed by atoms with Gasteiger partial charge in [0.2, 0.25) is 0 Å². The Morgan fingerprint density at radius 2 is 1.90 bits per heavy atom. The zero-order chi connectivity index (χ0) is 21.1.